The normalized spacial score (nSPS) is 11.0. The Morgan fingerprint density at radius 1 is 1.40 bits per heavy atom. The fraction of sp³-hybridized carbons (Fsp3) is 0.400. The maximum Gasteiger partial charge on any atom is 0.214 e. The van der Waals surface area contributed by atoms with Crippen LogP contribution in [0.25, 0.3) is 0 Å². The van der Waals surface area contributed by atoms with Crippen LogP contribution < -0.4 is 5.73 Å². The number of hydrogen-bond donors (Lipinski definition) is 1. The van der Waals surface area contributed by atoms with Crippen LogP contribution in [0.3, 0.4) is 0 Å². The molecule has 1 heterocycles. The van der Waals surface area contributed by atoms with Crippen molar-refractivity contribution in [3.63, 3.8) is 0 Å². The molecule has 20 heavy (non-hydrogen) atoms. The van der Waals surface area contributed by atoms with Crippen LogP contribution in [0, 0.1) is 5.92 Å². The summed E-state index contributed by atoms with van der Waals surface area (Å²) in [6.07, 6.45) is 2.60. The predicted octanol–water partition coefficient (Wildman–Crippen LogP) is 1.67. The molecular formula is C15H20N4O. The van der Waals surface area contributed by atoms with Crippen molar-refractivity contribution in [3.05, 3.63) is 47.3 Å². The Labute approximate surface area is 118 Å². The fourth-order valence-electron chi connectivity index (χ4n) is 2.10. The van der Waals surface area contributed by atoms with E-state index in [9.17, 15) is 4.79 Å². The minimum absolute atomic E-state index is 0.0983. The topological polar surface area (TPSA) is 73.8 Å². The monoisotopic (exact) mass is 272 g/mol. The van der Waals surface area contributed by atoms with E-state index in [1.807, 2.05) is 24.3 Å². The Morgan fingerprint density at radius 2 is 2.20 bits per heavy atom. The summed E-state index contributed by atoms with van der Waals surface area (Å²) in [6.45, 7) is 5.36. The molecule has 0 fully saturated rings. The molecule has 0 aliphatic carbocycles. The number of nitrogens with zero attached hydrogens (tertiary/aromatic N) is 3. The van der Waals surface area contributed by atoms with E-state index < -0.39 is 0 Å². The number of benzene rings is 1. The molecule has 1 aromatic heterocycles. The van der Waals surface area contributed by atoms with Crippen LogP contribution in [0.1, 0.15) is 35.5 Å². The zero-order chi connectivity index (χ0) is 14.5. The van der Waals surface area contributed by atoms with Crippen LogP contribution in [0.15, 0.2) is 30.5 Å². The summed E-state index contributed by atoms with van der Waals surface area (Å²) in [5, 5.41) is 7.80. The molecule has 5 nitrogen and oxygen atoms in total. The molecular weight excluding hydrogens is 252 g/mol. The third-order valence-electron chi connectivity index (χ3n) is 2.96. The number of hydrogen-bond acceptors (Lipinski definition) is 4. The van der Waals surface area contributed by atoms with Gasteiger partial charge in [0.25, 0.3) is 0 Å². The maximum atomic E-state index is 12.4. The second-order valence-corrected chi connectivity index (χ2v) is 5.28. The van der Waals surface area contributed by atoms with Gasteiger partial charge in [0.05, 0.1) is 12.7 Å². The highest BCUT2D eigenvalue weighted by atomic mass is 16.1. The van der Waals surface area contributed by atoms with Gasteiger partial charge in [0.2, 0.25) is 5.78 Å². The Balaban J connectivity index is 2.19. The van der Waals surface area contributed by atoms with E-state index >= 15 is 0 Å². The average Bonchev–Trinajstić information content (AvgIpc) is 2.86. The molecule has 0 saturated heterocycles. The van der Waals surface area contributed by atoms with Gasteiger partial charge in [-0.2, -0.15) is 0 Å². The summed E-state index contributed by atoms with van der Waals surface area (Å²) in [7, 11) is 0. The predicted molar refractivity (Wildman–Crippen MR) is 77.5 cm³/mol. The molecule has 0 bridgehead atoms. The molecule has 5 heteroatoms. The lowest BCUT2D eigenvalue weighted by Gasteiger charge is -2.06. The molecule has 0 saturated carbocycles. The summed E-state index contributed by atoms with van der Waals surface area (Å²) in [4.78, 5) is 12.4. The zero-order valence-corrected chi connectivity index (χ0v) is 11.9. The SMILES string of the molecule is CC(C)Cc1cccc(C(=O)c2cn(CCN)nn2)c1. The van der Waals surface area contributed by atoms with Gasteiger partial charge < -0.3 is 5.73 Å². The lowest BCUT2D eigenvalue weighted by Crippen LogP contribution is -2.10. The summed E-state index contributed by atoms with van der Waals surface area (Å²) in [5.74, 6) is 0.463. The van der Waals surface area contributed by atoms with E-state index in [0.717, 1.165) is 6.42 Å². The van der Waals surface area contributed by atoms with Gasteiger partial charge in [0.1, 0.15) is 0 Å². The van der Waals surface area contributed by atoms with Crippen molar-refractivity contribution in [1.82, 2.24) is 15.0 Å². The number of nitrogens with two attached hydrogens (primary N) is 1. The van der Waals surface area contributed by atoms with Gasteiger partial charge in [0.15, 0.2) is 5.69 Å². The van der Waals surface area contributed by atoms with E-state index in [0.29, 0.717) is 30.3 Å². The van der Waals surface area contributed by atoms with Crippen molar-refractivity contribution >= 4 is 5.78 Å². The van der Waals surface area contributed by atoms with Crippen LogP contribution in [0.2, 0.25) is 0 Å². The quantitative estimate of drug-likeness (QED) is 0.812. The first-order chi connectivity index (χ1) is 9.60. The highest BCUT2D eigenvalue weighted by Crippen LogP contribution is 2.13. The highest BCUT2D eigenvalue weighted by Gasteiger charge is 2.13. The van der Waals surface area contributed by atoms with Crippen molar-refractivity contribution in [2.75, 3.05) is 6.54 Å². The lowest BCUT2D eigenvalue weighted by atomic mass is 9.99. The number of carbonyl (C=O) groups is 1. The van der Waals surface area contributed by atoms with Crippen LogP contribution in [0.5, 0.6) is 0 Å². The smallest absolute Gasteiger partial charge is 0.214 e. The van der Waals surface area contributed by atoms with E-state index in [2.05, 4.69) is 24.2 Å². The Bertz CT molecular complexity index is 589. The molecule has 0 atom stereocenters. The van der Waals surface area contributed by atoms with Gasteiger partial charge in [-0.15, -0.1) is 5.10 Å². The first-order valence-corrected chi connectivity index (χ1v) is 6.84. The van der Waals surface area contributed by atoms with E-state index in [1.54, 1.807) is 10.9 Å². The largest absolute Gasteiger partial charge is 0.329 e. The highest BCUT2D eigenvalue weighted by molar-refractivity contribution is 6.07. The standard InChI is InChI=1S/C15H20N4O/c1-11(2)8-12-4-3-5-13(9-12)15(20)14-10-19(7-6-16)18-17-14/h3-5,9-11H,6-8,16H2,1-2H3. The van der Waals surface area contributed by atoms with Crippen molar-refractivity contribution in [1.29, 1.82) is 0 Å². The maximum absolute atomic E-state index is 12.4. The third-order valence-corrected chi connectivity index (χ3v) is 2.96. The van der Waals surface area contributed by atoms with Gasteiger partial charge in [-0.05, 0) is 24.0 Å². The van der Waals surface area contributed by atoms with Gasteiger partial charge in [-0.25, -0.2) is 0 Å². The Kier molecular flexibility index (Phi) is 4.63. The molecule has 1 aromatic carbocycles. The zero-order valence-electron chi connectivity index (χ0n) is 11.9. The third kappa shape index (κ3) is 3.51. The van der Waals surface area contributed by atoms with E-state index in [-0.39, 0.29) is 5.78 Å². The minimum atomic E-state index is -0.0983. The fourth-order valence-corrected chi connectivity index (χ4v) is 2.10. The Morgan fingerprint density at radius 3 is 2.90 bits per heavy atom. The molecule has 2 N–H and O–H groups in total. The van der Waals surface area contributed by atoms with Crippen LogP contribution in [0.4, 0.5) is 0 Å². The summed E-state index contributed by atoms with van der Waals surface area (Å²) >= 11 is 0. The van der Waals surface area contributed by atoms with Gasteiger partial charge in [-0.1, -0.05) is 37.3 Å². The van der Waals surface area contributed by atoms with Crippen molar-refractivity contribution < 1.29 is 4.79 Å². The summed E-state index contributed by atoms with van der Waals surface area (Å²) < 4.78 is 1.59. The number of ketones is 1. The molecule has 0 aliphatic rings. The van der Waals surface area contributed by atoms with Crippen LogP contribution >= 0.6 is 0 Å². The molecule has 0 unspecified atom stereocenters. The summed E-state index contributed by atoms with van der Waals surface area (Å²) in [6, 6.07) is 7.70. The number of aromatic nitrogens is 3. The molecule has 0 radical (unpaired) electrons. The van der Waals surface area contributed by atoms with Crippen molar-refractivity contribution in [3.8, 4) is 0 Å². The first-order valence-electron chi connectivity index (χ1n) is 6.84. The molecule has 2 rings (SSSR count). The lowest BCUT2D eigenvalue weighted by molar-refractivity contribution is 0.103. The first kappa shape index (κ1) is 14.4. The van der Waals surface area contributed by atoms with Gasteiger partial charge in [-0.3, -0.25) is 9.48 Å². The number of rotatable bonds is 6. The molecule has 0 amide bonds. The number of carbonyl (C=O) groups excluding carboxylic acids is 1. The Hall–Kier alpha value is -2.01. The van der Waals surface area contributed by atoms with Crippen LogP contribution in [-0.2, 0) is 13.0 Å². The summed E-state index contributed by atoms with van der Waals surface area (Å²) in [5.41, 5.74) is 7.63. The second kappa shape index (κ2) is 6.43. The van der Waals surface area contributed by atoms with E-state index in [4.69, 9.17) is 5.73 Å². The molecule has 0 spiro atoms. The molecule has 106 valence electrons. The average molecular weight is 272 g/mol. The second-order valence-electron chi connectivity index (χ2n) is 5.28. The molecule has 0 aliphatic heterocycles. The van der Waals surface area contributed by atoms with Crippen LogP contribution in [-0.4, -0.2) is 27.3 Å². The molecule has 2 aromatic rings. The van der Waals surface area contributed by atoms with Crippen molar-refractivity contribution in [2.24, 2.45) is 11.7 Å². The van der Waals surface area contributed by atoms with Gasteiger partial charge >= 0.3 is 0 Å². The van der Waals surface area contributed by atoms with E-state index in [1.165, 1.54) is 5.56 Å². The van der Waals surface area contributed by atoms with Gasteiger partial charge in [0, 0.05) is 12.1 Å². The minimum Gasteiger partial charge on any atom is -0.329 e. The van der Waals surface area contributed by atoms with Crippen molar-refractivity contribution in [2.45, 2.75) is 26.8 Å².